The van der Waals surface area contributed by atoms with Crippen LogP contribution in [0.15, 0.2) is 0 Å². The van der Waals surface area contributed by atoms with Crippen LogP contribution in [0.4, 0.5) is 0 Å². The molecule has 0 N–H and O–H groups in total. The Morgan fingerprint density at radius 2 is 2.12 bits per heavy atom. The van der Waals surface area contributed by atoms with E-state index in [1.54, 1.807) is 0 Å². The number of rotatable bonds is 5. The SMILES string of the molecule is CC1CCCC(CI)(OCC(C)C2CC2)C1. The lowest BCUT2D eigenvalue weighted by molar-refractivity contribution is -0.0753. The Bertz CT molecular complexity index is 227. The summed E-state index contributed by atoms with van der Waals surface area (Å²) in [4.78, 5) is 0. The molecular formula is C14H25IO. The van der Waals surface area contributed by atoms with Gasteiger partial charge in [0.05, 0.1) is 12.2 Å². The Morgan fingerprint density at radius 1 is 1.38 bits per heavy atom. The van der Waals surface area contributed by atoms with Gasteiger partial charge < -0.3 is 4.74 Å². The van der Waals surface area contributed by atoms with Crippen molar-refractivity contribution >= 4 is 22.6 Å². The predicted octanol–water partition coefficient (Wildman–Crippen LogP) is 4.43. The van der Waals surface area contributed by atoms with E-state index in [1.165, 1.54) is 43.0 Å². The molecule has 0 saturated heterocycles. The van der Waals surface area contributed by atoms with Crippen LogP contribution in [0.2, 0.25) is 0 Å². The van der Waals surface area contributed by atoms with Crippen molar-refractivity contribution in [3.8, 4) is 0 Å². The van der Waals surface area contributed by atoms with Crippen LogP contribution in [0.3, 0.4) is 0 Å². The molecule has 0 radical (unpaired) electrons. The zero-order valence-electron chi connectivity index (χ0n) is 10.7. The minimum absolute atomic E-state index is 0.224. The summed E-state index contributed by atoms with van der Waals surface area (Å²) in [6.07, 6.45) is 8.23. The van der Waals surface area contributed by atoms with E-state index >= 15 is 0 Å². The van der Waals surface area contributed by atoms with E-state index in [2.05, 4.69) is 36.4 Å². The maximum absolute atomic E-state index is 6.35. The minimum Gasteiger partial charge on any atom is -0.374 e. The molecule has 0 bridgehead atoms. The summed E-state index contributed by atoms with van der Waals surface area (Å²) < 4.78 is 7.52. The molecule has 2 saturated carbocycles. The van der Waals surface area contributed by atoms with Crippen LogP contribution >= 0.6 is 22.6 Å². The van der Waals surface area contributed by atoms with Crippen LogP contribution in [0.5, 0.6) is 0 Å². The summed E-state index contributed by atoms with van der Waals surface area (Å²) in [7, 11) is 0. The molecule has 0 aromatic rings. The van der Waals surface area contributed by atoms with Crippen molar-refractivity contribution in [2.24, 2.45) is 17.8 Å². The van der Waals surface area contributed by atoms with Crippen molar-refractivity contribution in [2.75, 3.05) is 11.0 Å². The lowest BCUT2D eigenvalue weighted by atomic mass is 9.80. The highest BCUT2D eigenvalue weighted by molar-refractivity contribution is 14.1. The van der Waals surface area contributed by atoms with Gasteiger partial charge in [0.1, 0.15) is 0 Å². The number of hydrogen-bond acceptors (Lipinski definition) is 1. The summed E-state index contributed by atoms with van der Waals surface area (Å²) in [6.45, 7) is 5.75. The van der Waals surface area contributed by atoms with Crippen molar-refractivity contribution in [2.45, 2.75) is 58.0 Å². The van der Waals surface area contributed by atoms with Crippen molar-refractivity contribution in [1.29, 1.82) is 0 Å². The summed E-state index contributed by atoms with van der Waals surface area (Å²) in [5.41, 5.74) is 0.224. The molecule has 0 aromatic heterocycles. The third-order valence-electron chi connectivity index (χ3n) is 4.37. The van der Waals surface area contributed by atoms with Crippen molar-refractivity contribution in [1.82, 2.24) is 0 Å². The van der Waals surface area contributed by atoms with Gasteiger partial charge >= 0.3 is 0 Å². The molecule has 3 atom stereocenters. The van der Waals surface area contributed by atoms with Gasteiger partial charge in [-0.1, -0.05) is 49.3 Å². The predicted molar refractivity (Wildman–Crippen MR) is 77.1 cm³/mol. The second kappa shape index (κ2) is 5.55. The molecule has 94 valence electrons. The molecule has 3 unspecified atom stereocenters. The zero-order chi connectivity index (χ0) is 11.6. The van der Waals surface area contributed by atoms with Crippen molar-refractivity contribution in [3.05, 3.63) is 0 Å². The molecule has 0 spiro atoms. The van der Waals surface area contributed by atoms with Gasteiger partial charge in [0.2, 0.25) is 0 Å². The van der Waals surface area contributed by atoms with Crippen LogP contribution in [0.25, 0.3) is 0 Å². The average Bonchev–Trinajstić information content (AvgIpc) is 3.10. The highest BCUT2D eigenvalue weighted by Gasteiger charge is 2.36. The minimum atomic E-state index is 0.224. The molecule has 2 heteroatoms. The van der Waals surface area contributed by atoms with Crippen LogP contribution in [0, 0.1) is 17.8 Å². The molecule has 1 nitrogen and oxygen atoms in total. The Morgan fingerprint density at radius 3 is 2.69 bits per heavy atom. The van der Waals surface area contributed by atoms with E-state index in [9.17, 15) is 0 Å². The van der Waals surface area contributed by atoms with E-state index in [0.717, 1.165) is 24.4 Å². The van der Waals surface area contributed by atoms with Gasteiger partial charge in [-0.05, 0) is 43.4 Å². The lowest BCUT2D eigenvalue weighted by Gasteiger charge is -2.39. The first-order chi connectivity index (χ1) is 7.65. The van der Waals surface area contributed by atoms with Crippen LogP contribution in [0.1, 0.15) is 52.4 Å². The van der Waals surface area contributed by atoms with Gasteiger partial charge in [-0.25, -0.2) is 0 Å². The lowest BCUT2D eigenvalue weighted by Crippen LogP contribution is -2.40. The maximum Gasteiger partial charge on any atom is 0.0774 e. The van der Waals surface area contributed by atoms with Gasteiger partial charge in [-0.2, -0.15) is 0 Å². The second-order valence-corrected chi connectivity index (χ2v) is 6.91. The zero-order valence-corrected chi connectivity index (χ0v) is 12.8. The van der Waals surface area contributed by atoms with Crippen LogP contribution in [-0.2, 0) is 4.74 Å². The quantitative estimate of drug-likeness (QED) is 0.533. The molecule has 16 heavy (non-hydrogen) atoms. The third kappa shape index (κ3) is 3.34. The normalized spacial score (nSPS) is 37.3. The van der Waals surface area contributed by atoms with E-state index < -0.39 is 0 Å². The standard InChI is InChI=1S/C14H25IO/c1-11-4-3-7-14(8-11,10-15)16-9-12(2)13-5-6-13/h11-13H,3-10H2,1-2H3. The Balaban J connectivity index is 1.82. The smallest absolute Gasteiger partial charge is 0.0774 e. The molecule has 2 aliphatic rings. The van der Waals surface area contributed by atoms with Crippen molar-refractivity contribution < 1.29 is 4.74 Å². The van der Waals surface area contributed by atoms with Gasteiger partial charge in [-0.15, -0.1) is 0 Å². The molecule has 0 aromatic carbocycles. The first kappa shape index (κ1) is 13.1. The molecule has 0 aliphatic heterocycles. The number of hydrogen-bond donors (Lipinski definition) is 0. The van der Waals surface area contributed by atoms with Crippen molar-refractivity contribution in [3.63, 3.8) is 0 Å². The molecule has 2 rings (SSSR count). The maximum atomic E-state index is 6.35. The number of alkyl halides is 1. The summed E-state index contributed by atoms with van der Waals surface area (Å²) in [6, 6.07) is 0. The molecule has 0 amide bonds. The Hall–Kier alpha value is 0.690. The number of halogens is 1. The van der Waals surface area contributed by atoms with E-state index in [1.807, 2.05) is 0 Å². The Kier molecular flexibility index (Phi) is 4.56. The second-order valence-electron chi connectivity index (χ2n) is 6.14. The topological polar surface area (TPSA) is 9.23 Å². The van der Waals surface area contributed by atoms with Gasteiger partial charge in [0, 0.05) is 4.43 Å². The van der Waals surface area contributed by atoms with Crippen LogP contribution < -0.4 is 0 Å². The molecule has 2 aliphatic carbocycles. The summed E-state index contributed by atoms with van der Waals surface area (Å²) in [5.74, 6) is 2.63. The fourth-order valence-corrected chi connectivity index (χ4v) is 3.93. The monoisotopic (exact) mass is 336 g/mol. The largest absolute Gasteiger partial charge is 0.374 e. The first-order valence-electron chi connectivity index (χ1n) is 6.85. The van der Waals surface area contributed by atoms with E-state index in [4.69, 9.17) is 4.74 Å². The van der Waals surface area contributed by atoms with Crippen LogP contribution in [-0.4, -0.2) is 16.6 Å². The molecular weight excluding hydrogens is 311 g/mol. The van der Waals surface area contributed by atoms with Gasteiger partial charge in [-0.3, -0.25) is 0 Å². The van der Waals surface area contributed by atoms with Gasteiger partial charge in [0.25, 0.3) is 0 Å². The summed E-state index contributed by atoms with van der Waals surface area (Å²) in [5, 5.41) is 0. The van der Waals surface area contributed by atoms with E-state index in [-0.39, 0.29) is 5.60 Å². The fourth-order valence-electron chi connectivity index (χ4n) is 3.01. The molecule has 2 fully saturated rings. The highest BCUT2D eigenvalue weighted by Crippen LogP contribution is 2.40. The summed E-state index contributed by atoms with van der Waals surface area (Å²) >= 11 is 2.52. The average molecular weight is 336 g/mol. The fraction of sp³-hybridized carbons (Fsp3) is 1.00. The molecule has 0 heterocycles. The Labute approximate surface area is 114 Å². The first-order valence-corrected chi connectivity index (χ1v) is 8.38. The van der Waals surface area contributed by atoms with E-state index in [0.29, 0.717) is 0 Å². The third-order valence-corrected chi connectivity index (χ3v) is 5.76. The van der Waals surface area contributed by atoms with Gasteiger partial charge in [0.15, 0.2) is 0 Å². The number of ether oxygens (including phenoxy) is 1. The highest BCUT2D eigenvalue weighted by atomic mass is 127.